The number of nitrogen functional groups attached to an aromatic ring is 1. The summed E-state index contributed by atoms with van der Waals surface area (Å²) in [7, 11) is 1.85. The quantitative estimate of drug-likeness (QED) is 0.780. The molecule has 15 heavy (non-hydrogen) atoms. The standard InChI is InChI=1S/C11H14N4/c1-8-3-5-9(6-4-8)15-11(13-2)7-10(12)14-15/h3-7,13H,1-2H3,(H2,12,14). The van der Waals surface area contributed by atoms with Crippen molar-refractivity contribution in [2.75, 3.05) is 18.1 Å². The molecule has 2 aromatic rings. The van der Waals surface area contributed by atoms with E-state index in [9.17, 15) is 0 Å². The molecule has 78 valence electrons. The number of aromatic nitrogens is 2. The van der Waals surface area contributed by atoms with Crippen LogP contribution in [-0.4, -0.2) is 16.8 Å². The van der Waals surface area contributed by atoms with Crippen LogP contribution in [0.4, 0.5) is 11.6 Å². The summed E-state index contributed by atoms with van der Waals surface area (Å²) >= 11 is 0. The fourth-order valence-electron chi connectivity index (χ4n) is 1.46. The average molecular weight is 202 g/mol. The molecule has 0 saturated carbocycles. The van der Waals surface area contributed by atoms with Gasteiger partial charge in [0.25, 0.3) is 0 Å². The van der Waals surface area contributed by atoms with Gasteiger partial charge in [0.15, 0.2) is 0 Å². The lowest BCUT2D eigenvalue weighted by molar-refractivity contribution is 0.890. The smallest absolute Gasteiger partial charge is 0.148 e. The molecular formula is C11H14N4. The maximum Gasteiger partial charge on any atom is 0.148 e. The number of nitrogens with zero attached hydrogens (tertiary/aromatic N) is 2. The van der Waals surface area contributed by atoms with E-state index >= 15 is 0 Å². The number of nitrogens with one attached hydrogen (secondary N) is 1. The van der Waals surface area contributed by atoms with E-state index in [1.165, 1.54) is 5.56 Å². The Bertz CT molecular complexity index is 456. The van der Waals surface area contributed by atoms with Gasteiger partial charge in [-0.25, -0.2) is 4.68 Å². The van der Waals surface area contributed by atoms with Crippen molar-refractivity contribution in [1.29, 1.82) is 0 Å². The van der Waals surface area contributed by atoms with Crippen LogP contribution >= 0.6 is 0 Å². The summed E-state index contributed by atoms with van der Waals surface area (Å²) in [5.41, 5.74) is 7.88. The molecule has 0 aliphatic heterocycles. The highest BCUT2D eigenvalue weighted by Gasteiger charge is 2.05. The topological polar surface area (TPSA) is 55.9 Å². The molecule has 4 nitrogen and oxygen atoms in total. The Kier molecular flexibility index (Phi) is 2.33. The lowest BCUT2D eigenvalue weighted by Crippen LogP contribution is -2.02. The van der Waals surface area contributed by atoms with Crippen molar-refractivity contribution in [3.05, 3.63) is 35.9 Å². The molecule has 0 radical (unpaired) electrons. The van der Waals surface area contributed by atoms with Crippen LogP contribution in [0.2, 0.25) is 0 Å². The molecule has 0 saturated heterocycles. The highest BCUT2D eigenvalue weighted by atomic mass is 15.3. The predicted molar refractivity (Wildman–Crippen MR) is 62.3 cm³/mol. The van der Waals surface area contributed by atoms with Gasteiger partial charge in [0, 0.05) is 13.1 Å². The Morgan fingerprint density at radius 1 is 1.27 bits per heavy atom. The van der Waals surface area contributed by atoms with Crippen LogP contribution in [0, 0.1) is 6.92 Å². The van der Waals surface area contributed by atoms with Gasteiger partial charge in [0.05, 0.1) is 5.69 Å². The summed E-state index contributed by atoms with van der Waals surface area (Å²) in [6.45, 7) is 2.06. The summed E-state index contributed by atoms with van der Waals surface area (Å²) in [4.78, 5) is 0. The first-order valence-electron chi connectivity index (χ1n) is 4.81. The first-order valence-corrected chi connectivity index (χ1v) is 4.81. The Balaban J connectivity index is 2.48. The van der Waals surface area contributed by atoms with Gasteiger partial charge in [0.2, 0.25) is 0 Å². The molecule has 2 rings (SSSR count). The van der Waals surface area contributed by atoms with Crippen LogP contribution in [0.3, 0.4) is 0 Å². The van der Waals surface area contributed by atoms with E-state index in [-0.39, 0.29) is 0 Å². The summed E-state index contributed by atoms with van der Waals surface area (Å²) in [6.07, 6.45) is 0. The van der Waals surface area contributed by atoms with Crippen molar-refractivity contribution in [3.8, 4) is 5.69 Å². The van der Waals surface area contributed by atoms with Crippen molar-refractivity contribution >= 4 is 11.6 Å². The first-order chi connectivity index (χ1) is 7.20. The minimum Gasteiger partial charge on any atom is -0.382 e. The number of anilines is 2. The average Bonchev–Trinajstić information content (AvgIpc) is 2.61. The number of aryl methyl sites for hydroxylation is 1. The van der Waals surface area contributed by atoms with Crippen LogP contribution < -0.4 is 11.1 Å². The molecule has 4 heteroatoms. The van der Waals surface area contributed by atoms with E-state index in [1.54, 1.807) is 10.7 Å². The Morgan fingerprint density at radius 2 is 1.93 bits per heavy atom. The number of benzene rings is 1. The van der Waals surface area contributed by atoms with Crippen LogP contribution in [0.1, 0.15) is 5.56 Å². The van der Waals surface area contributed by atoms with Crippen LogP contribution in [0.15, 0.2) is 30.3 Å². The van der Waals surface area contributed by atoms with Gasteiger partial charge >= 0.3 is 0 Å². The van der Waals surface area contributed by atoms with Crippen molar-refractivity contribution in [2.45, 2.75) is 6.92 Å². The Labute approximate surface area is 88.7 Å². The highest BCUT2D eigenvalue weighted by Crippen LogP contribution is 2.18. The molecule has 0 unspecified atom stereocenters. The van der Waals surface area contributed by atoms with E-state index in [0.717, 1.165) is 11.5 Å². The summed E-state index contributed by atoms with van der Waals surface area (Å²) in [5, 5.41) is 7.26. The summed E-state index contributed by atoms with van der Waals surface area (Å²) < 4.78 is 1.79. The fraction of sp³-hybridized carbons (Fsp3) is 0.182. The minimum absolute atomic E-state index is 0.514. The third-order valence-electron chi connectivity index (χ3n) is 2.26. The van der Waals surface area contributed by atoms with Gasteiger partial charge in [-0.2, -0.15) is 0 Å². The third-order valence-corrected chi connectivity index (χ3v) is 2.26. The molecule has 0 aliphatic carbocycles. The van der Waals surface area contributed by atoms with Gasteiger partial charge in [-0.1, -0.05) is 17.7 Å². The van der Waals surface area contributed by atoms with Gasteiger partial charge in [-0.15, -0.1) is 5.10 Å². The zero-order chi connectivity index (χ0) is 10.8. The lowest BCUT2D eigenvalue weighted by atomic mass is 10.2. The van der Waals surface area contributed by atoms with Gasteiger partial charge in [-0.05, 0) is 19.1 Å². The van der Waals surface area contributed by atoms with Crippen LogP contribution in [0.5, 0.6) is 0 Å². The molecule has 3 N–H and O–H groups in total. The van der Waals surface area contributed by atoms with E-state index in [0.29, 0.717) is 5.82 Å². The first kappa shape index (κ1) is 9.58. The van der Waals surface area contributed by atoms with Crippen molar-refractivity contribution in [1.82, 2.24) is 9.78 Å². The maximum absolute atomic E-state index is 5.65. The molecule has 0 amide bonds. The summed E-state index contributed by atoms with van der Waals surface area (Å²) in [6, 6.07) is 9.93. The summed E-state index contributed by atoms with van der Waals surface area (Å²) in [5.74, 6) is 1.40. The third kappa shape index (κ3) is 1.79. The molecule has 0 aliphatic rings. The molecule has 1 heterocycles. The zero-order valence-corrected chi connectivity index (χ0v) is 8.86. The van der Waals surface area contributed by atoms with Gasteiger partial charge in [-0.3, -0.25) is 0 Å². The normalized spacial score (nSPS) is 10.3. The van der Waals surface area contributed by atoms with Crippen molar-refractivity contribution in [2.24, 2.45) is 0 Å². The second-order valence-electron chi connectivity index (χ2n) is 3.45. The van der Waals surface area contributed by atoms with Crippen LogP contribution in [0.25, 0.3) is 5.69 Å². The monoisotopic (exact) mass is 202 g/mol. The van der Waals surface area contributed by atoms with E-state index in [4.69, 9.17) is 5.73 Å². The second kappa shape index (κ2) is 3.65. The van der Waals surface area contributed by atoms with Gasteiger partial charge < -0.3 is 11.1 Å². The Hall–Kier alpha value is -1.97. The molecular weight excluding hydrogens is 188 g/mol. The largest absolute Gasteiger partial charge is 0.382 e. The molecule has 0 fully saturated rings. The zero-order valence-electron chi connectivity index (χ0n) is 8.86. The van der Waals surface area contributed by atoms with E-state index in [1.807, 2.05) is 31.3 Å². The number of hydrogen-bond acceptors (Lipinski definition) is 3. The highest BCUT2D eigenvalue weighted by molar-refractivity contribution is 5.51. The number of rotatable bonds is 2. The maximum atomic E-state index is 5.65. The lowest BCUT2D eigenvalue weighted by Gasteiger charge is -2.06. The molecule has 1 aromatic heterocycles. The predicted octanol–water partition coefficient (Wildman–Crippen LogP) is 1.80. The van der Waals surface area contributed by atoms with Crippen LogP contribution in [-0.2, 0) is 0 Å². The Morgan fingerprint density at radius 3 is 2.53 bits per heavy atom. The molecule has 0 spiro atoms. The second-order valence-corrected chi connectivity index (χ2v) is 3.45. The SMILES string of the molecule is CNc1cc(N)nn1-c1ccc(C)cc1. The molecule has 1 aromatic carbocycles. The number of hydrogen-bond donors (Lipinski definition) is 2. The van der Waals surface area contributed by atoms with Crippen molar-refractivity contribution in [3.63, 3.8) is 0 Å². The fourth-order valence-corrected chi connectivity index (χ4v) is 1.46. The van der Waals surface area contributed by atoms with E-state index < -0.39 is 0 Å². The van der Waals surface area contributed by atoms with E-state index in [2.05, 4.69) is 17.3 Å². The van der Waals surface area contributed by atoms with Gasteiger partial charge in [0.1, 0.15) is 11.6 Å². The van der Waals surface area contributed by atoms with Crippen molar-refractivity contribution < 1.29 is 0 Å². The minimum atomic E-state index is 0.514. The molecule has 0 bridgehead atoms. The number of nitrogens with two attached hydrogens (primary N) is 1. The molecule has 0 atom stereocenters.